The first-order chi connectivity index (χ1) is 12.8. The Morgan fingerprint density at radius 2 is 1.70 bits per heavy atom. The van der Waals surface area contributed by atoms with Gasteiger partial charge in [-0.25, -0.2) is 4.79 Å². The van der Waals surface area contributed by atoms with Gasteiger partial charge in [-0.15, -0.1) is 0 Å². The van der Waals surface area contributed by atoms with Gasteiger partial charge in [-0.3, -0.25) is 4.79 Å². The van der Waals surface area contributed by atoms with E-state index in [-0.39, 0.29) is 33.4 Å². The third-order valence-corrected chi connectivity index (χ3v) is 3.69. The molecule has 2 rings (SSSR count). The van der Waals surface area contributed by atoms with E-state index < -0.39 is 25.0 Å². The normalized spacial score (nSPS) is 10.4. The van der Waals surface area contributed by atoms with E-state index in [9.17, 15) is 18.4 Å². The van der Waals surface area contributed by atoms with Crippen LogP contribution >= 0.6 is 11.6 Å². The number of carbonyl (C=O) groups excluding carboxylic acids is 2. The summed E-state index contributed by atoms with van der Waals surface area (Å²) in [6, 6.07) is 7.72. The standard InChI is InChI=1S/C18H15ClF2O6/c1-24-15-8-11(7-13(19)16(15)25-2)17(23)26-9-14(22)10-3-5-12(6-4-10)27-18(20)21/h3-8,18H,9H2,1-2H3. The van der Waals surface area contributed by atoms with Crippen molar-refractivity contribution >= 4 is 23.4 Å². The van der Waals surface area contributed by atoms with Gasteiger partial charge >= 0.3 is 12.6 Å². The summed E-state index contributed by atoms with van der Waals surface area (Å²) in [6.45, 7) is -3.50. The van der Waals surface area contributed by atoms with Gasteiger partial charge in [0.15, 0.2) is 23.9 Å². The van der Waals surface area contributed by atoms with Crippen LogP contribution in [0, 0.1) is 0 Å². The number of methoxy groups -OCH3 is 2. The lowest BCUT2D eigenvalue weighted by atomic mass is 10.1. The lowest BCUT2D eigenvalue weighted by molar-refractivity contribution is -0.0498. The van der Waals surface area contributed by atoms with Crippen molar-refractivity contribution in [3.63, 3.8) is 0 Å². The molecule has 6 nitrogen and oxygen atoms in total. The second kappa shape index (κ2) is 9.18. The predicted molar refractivity (Wildman–Crippen MR) is 92.2 cm³/mol. The Morgan fingerprint density at radius 1 is 1.04 bits per heavy atom. The van der Waals surface area contributed by atoms with Crippen LogP contribution in [-0.4, -0.2) is 39.2 Å². The number of hydrogen-bond acceptors (Lipinski definition) is 6. The molecule has 0 aliphatic rings. The molecule has 0 aliphatic heterocycles. The third-order valence-electron chi connectivity index (χ3n) is 3.41. The molecule has 0 radical (unpaired) electrons. The summed E-state index contributed by atoms with van der Waals surface area (Å²) in [5, 5.41) is 0.143. The van der Waals surface area contributed by atoms with E-state index in [0.717, 1.165) is 0 Å². The topological polar surface area (TPSA) is 71.1 Å². The van der Waals surface area contributed by atoms with Crippen molar-refractivity contribution in [3.8, 4) is 17.2 Å². The summed E-state index contributed by atoms with van der Waals surface area (Å²) < 4.78 is 43.5. The number of Topliss-reactive ketones (excluding diaryl/α,β-unsaturated/α-hetero) is 1. The summed E-state index contributed by atoms with van der Waals surface area (Å²) in [4.78, 5) is 24.2. The molecule has 27 heavy (non-hydrogen) atoms. The molecule has 0 aromatic heterocycles. The minimum absolute atomic E-state index is 0.0751. The maximum absolute atomic E-state index is 12.1. The smallest absolute Gasteiger partial charge is 0.387 e. The summed E-state index contributed by atoms with van der Waals surface area (Å²) in [7, 11) is 2.78. The Bertz CT molecular complexity index is 823. The van der Waals surface area contributed by atoms with Crippen molar-refractivity contribution in [2.75, 3.05) is 20.8 Å². The van der Waals surface area contributed by atoms with Gasteiger partial charge in [0.25, 0.3) is 0 Å². The Kier molecular flexibility index (Phi) is 6.95. The van der Waals surface area contributed by atoms with E-state index in [0.29, 0.717) is 0 Å². The number of alkyl halides is 2. The van der Waals surface area contributed by atoms with Crippen LogP contribution in [0.2, 0.25) is 5.02 Å². The maximum atomic E-state index is 12.1. The number of halogens is 3. The van der Waals surface area contributed by atoms with Gasteiger partial charge in [-0.1, -0.05) is 11.6 Å². The molecule has 0 heterocycles. The zero-order valence-corrected chi connectivity index (χ0v) is 15.1. The van der Waals surface area contributed by atoms with Crippen LogP contribution in [0.1, 0.15) is 20.7 Å². The quantitative estimate of drug-likeness (QED) is 0.492. The van der Waals surface area contributed by atoms with Crippen LogP contribution in [0.15, 0.2) is 36.4 Å². The van der Waals surface area contributed by atoms with E-state index in [4.69, 9.17) is 25.8 Å². The van der Waals surface area contributed by atoms with Crippen LogP contribution in [-0.2, 0) is 4.74 Å². The van der Waals surface area contributed by atoms with E-state index in [1.165, 1.54) is 50.6 Å². The van der Waals surface area contributed by atoms with Crippen LogP contribution in [0.4, 0.5) is 8.78 Å². The molecule has 0 saturated carbocycles. The largest absolute Gasteiger partial charge is 0.493 e. The molecule has 0 spiro atoms. The molecule has 0 bridgehead atoms. The Balaban J connectivity index is 2.02. The van der Waals surface area contributed by atoms with Crippen LogP contribution in [0.5, 0.6) is 17.2 Å². The first-order valence-electron chi connectivity index (χ1n) is 7.52. The van der Waals surface area contributed by atoms with Crippen LogP contribution < -0.4 is 14.2 Å². The molecule has 2 aromatic rings. The molecule has 2 aromatic carbocycles. The lowest BCUT2D eigenvalue weighted by Gasteiger charge is -2.11. The maximum Gasteiger partial charge on any atom is 0.387 e. The van der Waals surface area contributed by atoms with Crippen molar-refractivity contribution < 1.29 is 37.3 Å². The highest BCUT2D eigenvalue weighted by atomic mass is 35.5. The summed E-state index contributed by atoms with van der Waals surface area (Å²) >= 11 is 6.02. The highest BCUT2D eigenvalue weighted by Crippen LogP contribution is 2.36. The SMILES string of the molecule is COc1cc(C(=O)OCC(=O)c2ccc(OC(F)F)cc2)cc(Cl)c1OC. The molecule has 0 amide bonds. The average Bonchev–Trinajstić information content (AvgIpc) is 2.65. The average molecular weight is 401 g/mol. The molecule has 0 saturated heterocycles. The second-order valence-corrected chi connectivity index (χ2v) is 5.50. The van der Waals surface area contributed by atoms with E-state index in [1.54, 1.807) is 0 Å². The third kappa shape index (κ3) is 5.30. The summed E-state index contributed by atoms with van der Waals surface area (Å²) in [5.41, 5.74) is 0.251. The van der Waals surface area contributed by atoms with Gasteiger partial charge < -0.3 is 18.9 Å². The fraction of sp³-hybridized carbons (Fsp3) is 0.222. The Hall–Kier alpha value is -2.87. The number of hydrogen-bond donors (Lipinski definition) is 0. The van der Waals surface area contributed by atoms with E-state index in [2.05, 4.69) is 4.74 Å². The van der Waals surface area contributed by atoms with E-state index >= 15 is 0 Å². The number of ketones is 1. The van der Waals surface area contributed by atoms with Crippen molar-refractivity contribution in [2.45, 2.75) is 6.61 Å². The first kappa shape index (κ1) is 20.4. The summed E-state index contributed by atoms with van der Waals surface area (Å²) in [5.74, 6) is -0.892. The summed E-state index contributed by atoms with van der Waals surface area (Å²) in [6.07, 6.45) is 0. The number of benzene rings is 2. The van der Waals surface area contributed by atoms with Crippen molar-refractivity contribution in [1.82, 2.24) is 0 Å². The van der Waals surface area contributed by atoms with Gasteiger partial charge in [-0.05, 0) is 36.4 Å². The fourth-order valence-corrected chi connectivity index (χ4v) is 2.44. The molecular formula is C18H15ClF2O6. The molecular weight excluding hydrogens is 386 g/mol. The van der Waals surface area contributed by atoms with Crippen molar-refractivity contribution in [1.29, 1.82) is 0 Å². The number of rotatable bonds is 8. The number of ether oxygens (including phenoxy) is 4. The predicted octanol–water partition coefficient (Wildman–Crippen LogP) is 4.00. The molecule has 0 aliphatic carbocycles. The Morgan fingerprint density at radius 3 is 2.26 bits per heavy atom. The van der Waals surface area contributed by atoms with Gasteiger partial charge in [0, 0.05) is 5.56 Å². The zero-order valence-electron chi connectivity index (χ0n) is 14.3. The van der Waals surface area contributed by atoms with Gasteiger partial charge in [0.05, 0.1) is 24.8 Å². The second-order valence-electron chi connectivity index (χ2n) is 5.10. The zero-order chi connectivity index (χ0) is 20.0. The van der Waals surface area contributed by atoms with Crippen molar-refractivity contribution in [3.05, 3.63) is 52.5 Å². The number of carbonyl (C=O) groups is 2. The highest BCUT2D eigenvalue weighted by Gasteiger charge is 2.17. The van der Waals surface area contributed by atoms with Crippen molar-refractivity contribution in [2.24, 2.45) is 0 Å². The first-order valence-corrected chi connectivity index (χ1v) is 7.90. The number of esters is 1. The van der Waals surface area contributed by atoms with Gasteiger partial charge in [-0.2, -0.15) is 8.78 Å². The molecule has 0 fully saturated rings. The minimum Gasteiger partial charge on any atom is -0.493 e. The van der Waals surface area contributed by atoms with E-state index in [1.807, 2.05) is 0 Å². The fourth-order valence-electron chi connectivity index (χ4n) is 2.16. The van der Waals surface area contributed by atoms with Gasteiger partial charge in [0.2, 0.25) is 0 Å². The molecule has 0 atom stereocenters. The van der Waals surface area contributed by atoms with Crippen LogP contribution in [0.25, 0.3) is 0 Å². The highest BCUT2D eigenvalue weighted by molar-refractivity contribution is 6.32. The van der Waals surface area contributed by atoms with Gasteiger partial charge in [0.1, 0.15) is 5.75 Å². The molecule has 144 valence electrons. The van der Waals surface area contributed by atoms with Crippen LogP contribution in [0.3, 0.4) is 0 Å². The molecule has 0 unspecified atom stereocenters. The minimum atomic E-state index is -2.96. The molecule has 0 N–H and O–H groups in total. The molecule has 9 heteroatoms. The lowest BCUT2D eigenvalue weighted by Crippen LogP contribution is -2.14. The monoisotopic (exact) mass is 400 g/mol. The Labute approximate surface area is 158 Å².